The van der Waals surface area contributed by atoms with Crippen LogP contribution < -0.4 is 10.6 Å². The van der Waals surface area contributed by atoms with Crippen molar-refractivity contribution >= 4 is 21.7 Å². The number of nitrogens with one attached hydrogen (secondary N) is 2. The lowest BCUT2D eigenvalue weighted by Crippen LogP contribution is -2.35. The van der Waals surface area contributed by atoms with Crippen LogP contribution >= 0.6 is 0 Å². The number of carbonyl (C=O) groups excluding carboxylic acids is 1. The predicted octanol–water partition coefficient (Wildman–Crippen LogP) is 3.12. The molecule has 1 amide bonds. The number of anilines is 1. The number of halogens is 3. The van der Waals surface area contributed by atoms with Crippen LogP contribution in [-0.2, 0) is 16.2 Å². The molecule has 0 spiro atoms. The number of aromatic nitrogens is 1. The largest absolute Gasteiger partial charge is 0.417 e. The van der Waals surface area contributed by atoms with Gasteiger partial charge in [0.05, 0.1) is 10.5 Å². The molecule has 0 saturated carbocycles. The predicted molar refractivity (Wildman–Crippen MR) is 109 cm³/mol. The Morgan fingerprint density at radius 1 is 1.06 bits per heavy atom. The van der Waals surface area contributed by atoms with Crippen LogP contribution in [0.5, 0.6) is 0 Å². The second kappa shape index (κ2) is 9.65. The maximum Gasteiger partial charge on any atom is 0.417 e. The summed E-state index contributed by atoms with van der Waals surface area (Å²) >= 11 is 0. The fourth-order valence-corrected chi connectivity index (χ4v) is 4.75. The number of sulfonamides is 1. The minimum atomic E-state index is -4.45. The standard InChI is InChI=1S/C20H23F3N4O3S/c21-20(22,23)16-7-8-18(26-14-16)24-9-10-25-19(28)15-5-4-6-17(13-15)31(29,30)27-11-2-1-3-12-27/h4-8,13-14H,1-3,9-12H2,(H,24,26)(H,25,28). The maximum absolute atomic E-state index is 12.8. The van der Waals surface area contributed by atoms with Gasteiger partial charge < -0.3 is 10.6 Å². The number of hydrogen-bond acceptors (Lipinski definition) is 5. The fraction of sp³-hybridized carbons (Fsp3) is 0.400. The normalized spacial score (nSPS) is 15.5. The van der Waals surface area contributed by atoms with Gasteiger partial charge in [-0.1, -0.05) is 12.5 Å². The summed E-state index contributed by atoms with van der Waals surface area (Å²) in [5, 5.41) is 5.46. The van der Waals surface area contributed by atoms with Crippen LogP contribution in [0.3, 0.4) is 0 Å². The summed E-state index contributed by atoms with van der Waals surface area (Å²) in [6.07, 6.45) is -1.07. The molecule has 1 aliphatic rings. The zero-order chi connectivity index (χ0) is 22.5. The number of alkyl halides is 3. The third kappa shape index (κ3) is 5.95. The first-order valence-electron chi connectivity index (χ1n) is 9.83. The van der Waals surface area contributed by atoms with E-state index in [1.807, 2.05) is 0 Å². The van der Waals surface area contributed by atoms with E-state index in [9.17, 15) is 26.4 Å². The molecule has 1 aromatic carbocycles. The van der Waals surface area contributed by atoms with Crippen molar-refractivity contribution in [1.82, 2.24) is 14.6 Å². The summed E-state index contributed by atoms with van der Waals surface area (Å²) in [6.45, 7) is 1.35. The van der Waals surface area contributed by atoms with Gasteiger partial charge in [-0.15, -0.1) is 0 Å². The maximum atomic E-state index is 12.8. The van der Waals surface area contributed by atoms with E-state index >= 15 is 0 Å². The second-order valence-electron chi connectivity index (χ2n) is 7.11. The number of carbonyl (C=O) groups is 1. The Morgan fingerprint density at radius 2 is 1.81 bits per heavy atom. The molecule has 2 N–H and O–H groups in total. The molecule has 1 aliphatic heterocycles. The van der Waals surface area contributed by atoms with E-state index in [1.165, 1.54) is 34.6 Å². The van der Waals surface area contributed by atoms with Gasteiger partial charge in [-0.3, -0.25) is 4.79 Å². The molecule has 2 aromatic rings. The van der Waals surface area contributed by atoms with Gasteiger partial charge in [0.25, 0.3) is 5.91 Å². The number of benzene rings is 1. The number of amides is 1. The van der Waals surface area contributed by atoms with Gasteiger partial charge in [0.15, 0.2) is 0 Å². The van der Waals surface area contributed by atoms with Gasteiger partial charge in [-0.05, 0) is 43.2 Å². The van der Waals surface area contributed by atoms with Gasteiger partial charge in [-0.2, -0.15) is 17.5 Å². The van der Waals surface area contributed by atoms with Gasteiger partial charge in [-0.25, -0.2) is 13.4 Å². The van der Waals surface area contributed by atoms with Gasteiger partial charge in [0.1, 0.15) is 5.82 Å². The Bertz CT molecular complexity index is 1010. The number of pyridine rings is 1. The van der Waals surface area contributed by atoms with Gasteiger partial charge in [0.2, 0.25) is 10.0 Å². The molecule has 0 bridgehead atoms. The minimum Gasteiger partial charge on any atom is -0.368 e. The lowest BCUT2D eigenvalue weighted by atomic mass is 10.2. The third-order valence-electron chi connectivity index (χ3n) is 4.86. The van der Waals surface area contributed by atoms with Crippen molar-refractivity contribution < 1.29 is 26.4 Å². The molecule has 2 heterocycles. The van der Waals surface area contributed by atoms with Crippen LogP contribution in [-0.4, -0.2) is 49.8 Å². The van der Waals surface area contributed by atoms with Crippen molar-refractivity contribution in [1.29, 1.82) is 0 Å². The van der Waals surface area contributed by atoms with Crippen molar-refractivity contribution in [3.63, 3.8) is 0 Å². The van der Waals surface area contributed by atoms with E-state index in [-0.39, 0.29) is 29.4 Å². The molecule has 0 radical (unpaired) electrons. The first-order chi connectivity index (χ1) is 14.7. The zero-order valence-electron chi connectivity index (χ0n) is 16.7. The number of rotatable bonds is 7. The Hall–Kier alpha value is -2.66. The molecule has 0 aliphatic carbocycles. The molecular weight excluding hydrogens is 433 g/mol. The van der Waals surface area contributed by atoms with E-state index in [0.717, 1.165) is 31.5 Å². The number of hydrogen-bond donors (Lipinski definition) is 2. The lowest BCUT2D eigenvalue weighted by molar-refractivity contribution is -0.137. The van der Waals surface area contributed by atoms with Crippen molar-refractivity contribution in [2.75, 3.05) is 31.5 Å². The van der Waals surface area contributed by atoms with Crippen LogP contribution in [0.2, 0.25) is 0 Å². The average Bonchev–Trinajstić information content (AvgIpc) is 2.77. The van der Waals surface area contributed by atoms with Gasteiger partial charge >= 0.3 is 6.18 Å². The van der Waals surface area contributed by atoms with E-state index in [1.54, 1.807) is 0 Å². The molecule has 3 rings (SSSR count). The van der Waals surface area contributed by atoms with Crippen LogP contribution in [0.25, 0.3) is 0 Å². The summed E-state index contributed by atoms with van der Waals surface area (Å²) in [5.74, 6) is -0.199. The summed E-state index contributed by atoms with van der Waals surface area (Å²) in [4.78, 5) is 16.1. The molecule has 0 atom stereocenters. The Kier molecular flexibility index (Phi) is 7.16. The molecule has 1 saturated heterocycles. The van der Waals surface area contributed by atoms with E-state index in [4.69, 9.17) is 0 Å². The van der Waals surface area contributed by atoms with E-state index in [2.05, 4.69) is 15.6 Å². The molecular formula is C20H23F3N4O3S. The van der Waals surface area contributed by atoms with Crippen LogP contribution in [0.15, 0.2) is 47.5 Å². The Labute approximate surface area is 178 Å². The van der Waals surface area contributed by atoms with E-state index in [0.29, 0.717) is 13.1 Å². The lowest BCUT2D eigenvalue weighted by Gasteiger charge is -2.26. The smallest absolute Gasteiger partial charge is 0.368 e. The van der Waals surface area contributed by atoms with Crippen LogP contribution in [0.4, 0.5) is 19.0 Å². The highest BCUT2D eigenvalue weighted by molar-refractivity contribution is 7.89. The first kappa shape index (κ1) is 23.0. The SMILES string of the molecule is O=C(NCCNc1ccc(C(F)(F)F)cn1)c1cccc(S(=O)(=O)N2CCCCC2)c1. The van der Waals surface area contributed by atoms with Crippen molar-refractivity contribution in [2.24, 2.45) is 0 Å². The highest BCUT2D eigenvalue weighted by atomic mass is 32.2. The monoisotopic (exact) mass is 456 g/mol. The van der Waals surface area contributed by atoms with Crippen molar-refractivity contribution in [3.05, 3.63) is 53.7 Å². The fourth-order valence-electron chi connectivity index (χ4n) is 3.19. The summed E-state index contributed by atoms with van der Waals surface area (Å²) < 4.78 is 64.6. The van der Waals surface area contributed by atoms with Crippen LogP contribution in [0.1, 0.15) is 35.2 Å². The Balaban J connectivity index is 1.53. The molecule has 1 fully saturated rings. The summed E-state index contributed by atoms with van der Waals surface area (Å²) in [6, 6.07) is 8.00. The molecule has 11 heteroatoms. The summed E-state index contributed by atoms with van der Waals surface area (Å²) in [5.41, 5.74) is -0.628. The topological polar surface area (TPSA) is 91.4 Å². The number of piperidine rings is 1. The molecule has 168 valence electrons. The zero-order valence-corrected chi connectivity index (χ0v) is 17.5. The average molecular weight is 456 g/mol. The molecule has 0 unspecified atom stereocenters. The highest BCUT2D eigenvalue weighted by Gasteiger charge is 2.30. The minimum absolute atomic E-state index is 0.0779. The molecule has 1 aromatic heterocycles. The number of nitrogens with zero attached hydrogens (tertiary/aromatic N) is 2. The van der Waals surface area contributed by atoms with E-state index < -0.39 is 27.7 Å². The Morgan fingerprint density at radius 3 is 2.45 bits per heavy atom. The molecule has 31 heavy (non-hydrogen) atoms. The quantitative estimate of drug-likeness (QED) is 0.625. The molecule has 7 nitrogen and oxygen atoms in total. The van der Waals surface area contributed by atoms with Crippen molar-refractivity contribution in [3.8, 4) is 0 Å². The third-order valence-corrected chi connectivity index (χ3v) is 6.75. The van der Waals surface area contributed by atoms with Gasteiger partial charge in [0, 0.05) is 37.9 Å². The second-order valence-corrected chi connectivity index (χ2v) is 9.04. The summed E-state index contributed by atoms with van der Waals surface area (Å²) in [7, 11) is -3.64. The van der Waals surface area contributed by atoms with Crippen LogP contribution in [0, 0.1) is 0 Å². The first-order valence-corrected chi connectivity index (χ1v) is 11.3. The highest BCUT2D eigenvalue weighted by Crippen LogP contribution is 2.28. The van der Waals surface area contributed by atoms with Crippen molar-refractivity contribution in [2.45, 2.75) is 30.3 Å².